The van der Waals surface area contributed by atoms with Crippen LogP contribution in [0.2, 0.25) is 0 Å². The molecule has 0 atom stereocenters. The van der Waals surface area contributed by atoms with Crippen molar-refractivity contribution in [3.63, 3.8) is 0 Å². The van der Waals surface area contributed by atoms with Crippen LogP contribution in [-0.4, -0.2) is 42.7 Å². The molecule has 256 valence electrons. The van der Waals surface area contributed by atoms with Gasteiger partial charge in [0.1, 0.15) is 11.6 Å². The van der Waals surface area contributed by atoms with Crippen LogP contribution in [0.3, 0.4) is 0 Å². The summed E-state index contributed by atoms with van der Waals surface area (Å²) in [4.78, 5) is 26.9. The zero-order valence-corrected chi connectivity index (χ0v) is 27.2. The first-order valence-corrected chi connectivity index (χ1v) is 16.7. The first kappa shape index (κ1) is 35.3. The Morgan fingerprint density at radius 1 is 0.918 bits per heavy atom. The molecular weight excluding hydrogens is 666 g/mol. The Morgan fingerprint density at radius 2 is 1.63 bits per heavy atom. The molecule has 4 aromatic carbocycles. The van der Waals surface area contributed by atoms with Crippen LogP contribution in [0.5, 0.6) is 0 Å². The Morgan fingerprint density at radius 3 is 2.29 bits per heavy atom. The number of benzene rings is 4. The van der Waals surface area contributed by atoms with E-state index in [1.165, 1.54) is 17.9 Å². The highest BCUT2D eigenvalue weighted by atomic mass is 32.2. The van der Waals surface area contributed by atoms with Gasteiger partial charge in [-0.1, -0.05) is 60.7 Å². The van der Waals surface area contributed by atoms with Crippen LogP contribution in [0.15, 0.2) is 94.2 Å². The molecule has 0 bridgehead atoms. The van der Waals surface area contributed by atoms with Crippen molar-refractivity contribution >= 4 is 32.5 Å². The van der Waals surface area contributed by atoms with Gasteiger partial charge in [0, 0.05) is 12.1 Å². The van der Waals surface area contributed by atoms with Crippen LogP contribution < -0.4 is 0 Å². The molecule has 1 heterocycles. The normalized spacial score (nSPS) is 11.9. The standard InChI is InChI=1S/C36H31F4NO7S/c1-3-47-33(43)21-49(45,46)31-17-26(16-30(37)29(31)20-42)24-12-9-23(10-13-24)18-41(19-27-14-15-32(48-27)36(38,39)40)35(44)34-22(2)8-11-25-6-4-5-7-28(25)34/h4-17,42H,3,18-21H2,1-2H3. The number of alkyl halides is 3. The van der Waals surface area contributed by atoms with Crippen molar-refractivity contribution in [1.29, 1.82) is 0 Å². The number of ether oxygens (including phenoxy) is 1. The molecule has 13 heteroatoms. The van der Waals surface area contributed by atoms with Crippen molar-refractivity contribution in [3.05, 3.63) is 125 Å². The highest BCUT2D eigenvalue weighted by Crippen LogP contribution is 2.33. The highest BCUT2D eigenvalue weighted by molar-refractivity contribution is 7.92. The summed E-state index contributed by atoms with van der Waals surface area (Å²) in [6.07, 6.45) is -4.71. The van der Waals surface area contributed by atoms with E-state index < -0.39 is 62.3 Å². The number of aliphatic hydroxyl groups excluding tert-OH is 1. The summed E-state index contributed by atoms with van der Waals surface area (Å²) in [5.74, 6) is -4.78. The number of nitrogens with zero attached hydrogens (tertiary/aromatic N) is 1. The number of sulfone groups is 1. The van der Waals surface area contributed by atoms with Gasteiger partial charge in [-0.15, -0.1) is 0 Å². The number of halogens is 4. The summed E-state index contributed by atoms with van der Waals surface area (Å²) in [6.45, 7) is 1.96. The molecule has 0 spiro atoms. The zero-order valence-electron chi connectivity index (χ0n) is 26.4. The van der Waals surface area contributed by atoms with Gasteiger partial charge in [-0.2, -0.15) is 13.2 Å². The average Bonchev–Trinajstić information content (AvgIpc) is 3.53. The van der Waals surface area contributed by atoms with Gasteiger partial charge in [0.05, 0.1) is 30.2 Å². The van der Waals surface area contributed by atoms with E-state index in [1.54, 1.807) is 49.4 Å². The van der Waals surface area contributed by atoms with E-state index in [0.717, 1.165) is 23.6 Å². The number of hydrogen-bond donors (Lipinski definition) is 1. The topological polar surface area (TPSA) is 114 Å². The second-order valence-electron chi connectivity index (χ2n) is 11.3. The van der Waals surface area contributed by atoms with Crippen molar-refractivity contribution in [1.82, 2.24) is 4.90 Å². The lowest BCUT2D eigenvalue weighted by Gasteiger charge is -2.24. The third-order valence-electron chi connectivity index (χ3n) is 7.85. The SMILES string of the molecule is CCOC(=O)CS(=O)(=O)c1cc(-c2ccc(CN(Cc3ccc(C(F)(F)F)o3)C(=O)c3c(C)ccc4ccccc34)cc2)cc(F)c1CO. The molecule has 0 aliphatic rings. The molecule has 0 aliphatic heterocycles. The number of fused-ring (bicyclic) bond motifs is 1. The maximum absolute atomic E-state index is 15.1. The maximum atomic E-state index is 15.1. The largest absolute Gasteiger partial charge is 0.465 e. The van der Waals surface area contributed by atoms with Crippen LogP contribution in [0, 0.1) is 12.7 Å². The Bertz CT molecular complexity index is 2120. The van der Waals surface area contributed by atoms with Crippen LogP contribution in [0.4, 0.5) is 17.6 Å². The van der Waals surface area contributed by atoms with E-state index in [1.807, 2.05) is 18.2 Å². The van der Waals surface area contributed by atoms with E-state index >= 15 is 4.39 Å². The van der Waals surface area contributed by atoms with E-state index in [2.05, 4.69) is 0 Å². The Kier molecular flexibility index (Phi) is 10.2. The molecule has 5 rings (SSSR count). The summed E-state index contributed by atoms with van der Waals surface area (Å²) in [7, 11) is -4.39. The van der Waals surface area contributed by atoms with Crippen molar-refractivity contribution in [2.45, 2.75) is 44.6 Å². The van der Waals surface area contributed by atoms with Gasteiger partial charge >= 0.3 is 12.1 Å². The average molecular weight is 698 g/mol. The minimum absolute atomic E-state index is 0.0529. The van der Waals surface area contributed by atoms with Gasteiger partial charge in [-0.05, 0) is 71.1 Å². The van der Waals surface area contributed by atoms with Gasteiger partial charge in [0.15, 0.2) is 15.6 Å². The zero-order chi connectivity index (χ0) is 35.5. The number of hydrogen-bond acceptors (Lipinski definition) is 7. The van der Waals surface area contributed by atoms with Crippen molar-refractivity contribution < 1.29 is 49.8 Å². The van der Waals surface area contributed by atoms with Gasteiger partial charge in [-0.25, -0.2) is 12.8 Å². The van der Waals surface area contributed by atoms with Crippen molar-refractivity contribution in [3.8, 4) is 11.1 Å². The molecule has 0 fully saturated rings. The second-order valence-corrected chi connectivity index (χ2v) is 13.2. The fourth-order valence-corrected chi connectivity index (χ4v) is 6.89. The first-order valence-electron chi connectivity index (χ1n) is 15.1. The van der Waals surface area contributed by atoms with Crippen molar-refractivity contribution in [2.24, 2.45) is 0 Å². The highest BCUT2D eigenvalue weighted by Gasteiger charge is 2.35. The summed E-state index contributed by atoms with van der Waals surface area (Å²) >= 11 is 0. The van der Waals surface area contributed by atoms with Gasteiger partial charge in [0.2, 0.25) is 5.76 Å². The Labute approximate surface area is 279 Å². The van der Waals surface area contributed by atoms with Gasteiger partial charge < -0.3 is 19.2 Å². The molecule has 1 N–H and O–H groups in total. The molecule has 1 amide bonds. The second kappa shape index (κ2) is 14.2. The lowest BCUT2D eigenvalue weighted by molar-refractivity contribution is -0.153. The van der Waals surface area contributed by atoms with Crippen LogP contribution in [0.1, 0.15) is 45.5 Å². The number of rotatable bonds is 11. The number of esters is 1. The molecule has 0 saturated heterocycles. The minimum atomic E-state index is -4.71. The third-order valence-corrected chi connectivity index (χ3v) is 9.50. The molecule has 5 aromatic rings. The molecule has 1 aromatic heterocycles. The van der Waals surface area contributed by atoms with Gasteiger partial charge in [-0.3, -0.25) is 9.59 Å². The van der Waals surface area contributed by atoms with E-state index in [0.29, 0.717) is 27.6 Å². The first-order chi connectivity index (χ1) is 23.2. The molecule has 49 heavy (non-hydrogen) atoms. The van der Waals surface area contributed by atoms with E-state index in [-0.39, 0.29) is 31.0 Å². The van der Waals surface area contributed by atoms with Crippen LogP contribution >= 0.6 is 0 Å². The summed E-state index contributed by atoms with van der Waals surface area (Å²) in [5, 5.41) is 11.2. The number of aryl methyl sites for hydroxylation is 1. The smallest absolute Gasteiger partial charge is 0.449 e. The molecule has 0 aliphatic carbocycles. The summed E-state index contributed by atoms with van der Waals surface area (Å²) < 4.78 is 90.8. The minimum Gasteiger partial charge on any atom is -0.465 e. The van der Waals surface area contributed by atoms with Gasteiger partial charge in [0.25, 0.3) is 5.91 Å². The quantitative estimate of drug-likeness (QED) is 0.114. The lowest BCUT2D eigenvalue weighted by Crippen LogP contribution is -2.30. The van der Waals surface area contributed by atoms with Crippen molar-refractivity contribution in [2.75, 3.05) is 12.4 Å². The predicted octanol–water partition coefficient (Wildman–Crippen LogP) is 7.24. The molecule has 0 saturated carbocycles. The van der Waals surface area contributed by atoms with Crippen LogP contribution in [0.25, 0.3) is 21.9 Å². The maximum Gasteiger partial charge on any atom is 0.449 e. The summed E-state index contributed by atoms with van der Waals surface area (Å²) in [5.41, 5.74) is 1.63. The predicted molar refractivity (Wildman–Crippen MR) is 172 cm³/mol. The van der Waals surface area contributed by atoms with E-state index in [9.17, 15) is 36.3 Å². The lowest BCUT2D eigenvalue weighted by atomic mass is 9.98. The van der Waals surface area contributed by atoms with E-state index in [4.69, 9.17) is 9.15 Å². The number of aliphatic hydroxyl groups is 1. The Balaban J connectivity index is 1.49. The van der Waals surface area contributed by atoms with Crippen LogP contribution in [-0.2, 0) is 45.2 Å². The molecule has 0 radical (unpaired) electrons. The third kappa shape index (κ3) is 7.84. The number of amides is 1. The number of furan rings is 1. The number of carbonyl (C=O) groups is 2. The fourth-order valence-electron chi connectivity index (χ4n) is 5.49. The monoisotopic (exact) mass is 697 g/mol. The molecule has 8 nitrogen and oxygen atoms in total. The summed E-state index contributed by atoms with van der Waals surface area (Å²) in [6, 6.07) is 21.4. The molecule has 0 unspecified atom stereocenters. The molecular formula is C36H31F4NO7S. The number of carbonyl (C=O) groups excluding carboxylic acids is 2. The fraction of sp³-hybridized carbons (Fsp3) is 0.222. The Hall–Kier alpha value is -5.01.